The first-order chi connectivity index (χ1) is 15.9. The quantitative estimate of drug-likeness (QED) is 0.405. The number of pyridine rings is 2. The summed E-state index contributed by atoms with van der Waals surface area (Å²) in [6, 6.07) is 10.4. The molecule has 0 atom stereocenters. The average Bonchev–Trinajstić information content (AvgIpc) is 3.17. The average molecular weight is 446 g/mol. The predicted octanol–water partition coefficient (Wildman–Crippen LogP) is 2.48. The van der Waals surface area contributed by atoms with E-state index in [1.165, 1.54) is 10.5 Å². The van der Waals surface area contributed by atoms with Crippen molar-refractivity contribution in [1.82, 2.24) is 30.0 Å². The molecule has 0 aromatic carbocycles. The van der Waals surface area contributed by atoms with E-state index < -0.39 is 11.6 Å². The number of halogens is 1. The molecule has 33 heavy (non-hydrogen) atoms. The maximum atomic E-state index is 13.6. The molecule has 2 bridgehead atoms. The fourth-order valence-corrected chi connectivity index (χ4v) is 5.25. The fraction of sp³-hybridized carbons (Fsp3) is 0.333. The van der Waals surface area contributed by atoms with Crippen LogP contribution in [0, 0.1) is 5.41 Å². The number of aromatic nitrogens is 4. The summed E-state index contributed by atoms with van der Waals surface area (Å²) >= 11 is 0. The summed E-state index contributed by atoms with van der Waals surface area (Å²) in [5, 5.41) is 6.24. The number of H-pyrrole nitrogens is 1. The van der Waals surface area contributed by atoms with Gasteiger partial charge < -0.3 is 15.6 Å². The topological polar surface area (TPSA) is 104 Å². The highest BCUT2D eigenvalue weighted by Gasteiger charge is 2.68. The summed E-state index contributed by atoms with van der Waals surface area (Å²) in [7, 11) is 0. The lowest BCUT2D eigenvalue weighted by molar-refractivity contribution is -0.209. The molecule has 1 amide bonds. The molecule has 0 unspecified atom stereocenters. The predicted molar refractivity (Wildman–Crippen MR) is 121 cm³/mol. The van der Waals surface area contributed by atoms with Crippen LogP contribution in [0.2, 0.25) is 0 Å². The minimum atomic E-state index is -0.862. The Labute approximate surface area is 188 Å². The number of carbonyl (C=O) groups is 1. The summed E-state index contributed by atoms with van der Waals surface area (Å²) in [5.41, 5.74) is 3.08. The zero-order valence-corrected chi connectivity index (χ0v) is 17.9. The van der Waals surface area contributed by atoms with E-state index >= 15 is 0 Å². The lowest BCUT2D eigenvalue weighted by Crippen LogP contribution is -2.67. The van der Waals surface area contributed by atoms with Crippen molar-refractivity contribution in [2.75, 3.05) is 6.54 Å². The number of aromatic amines is 1. The van der Waals surface area contributed by atoms with Crippen molar-refractivity contribution < 1.29 is 9.18 Å². The first-order valence-corrected chi connectivity index (χ1v) is 11.0. The van der Waals surface area contributed by atoms with Gasteiger partial charge in [0.15, 0.2) is 0 Å². The molecular formula is C24H23FN6O2. The van der Waals surface area contributed by atoms with E-state index in [2.05, 4.69) is 25.6 Å². The number of amides is 1. The molecule has 3 aliphatic carbocycles. The molecule has 0 radical (unpaired) electrons. The highest BCUT2D eigenvalue weighted by atomic mass is 19.1. The second-order valence-electron chi connectivity index (χ2n) is 9.45. The minimum Gasteiger partial charge on any atom is -0.356 e. The van der Waals surface area contributed by atoms with E-state index in [1.54, 1.807) is 30.6 Å². The first-order valence-electron chi connectivity index (χ1n) is 11.0. The third-order valence-electron chi connectivity index (χ3n) is 6.73. The van der Waals surface area contributed by atoms with Crippen molar-refractivity contribution >= 4 is 22.6 Å². The number of rotatable bonds is 7. The SMILES string of the molecule is O=C(NCc1cnc2cc(CNCC34CC(F)(C3)C4)[nH]c2c1)c1cc(=O)n2ccccc2n1. The number of alkyl halides is 1. The molecule has 168 valence electrons. The van der Waals surface area contributed by atoms with Gasteiger partial charge in [0.2, 0.25) is 0 Å². The van der Waals surface area contributed by atoms with Gasteiger partial charge in [0.1, 0.15) is 17.0 Å². The van der Waals surface area contributed by atoms with Gasteiger partial charge in [-0.3, -0.25) is 19.0 Å². The van der Waals surface area contributed by atoms with Crippen molar-refractivity contribution in [3.63, 3.8) is 0 Å². The van der Waals surface area contributed by atoms with E-state index in [9.17, 15) is 14.0 Å². The largest absolute Gasteiger partial charge is 0.356 e. The van der Waals surface area contributed by atoms with Crippen LogP contribution in [0.15, 0.2) is 53.6 Å². The molecule has 4 aromatic heterocycles. The first kappa shape index (κ1) is 20.0. The van der Waals surface area contributed by atoms with Crippen molar-refractivity contribution in [1.29, 1.82) is 0 Å². The Balaban J connectivity index is 1.09. The highest BCUT2D eigenvalue weighted by molar-refractivity contribution is 5.92. The smallest absolute Gasteiger partial charge is 0.270 e. The van der Waals surface area contributed by atoms with Crippen LogP contribution >= 0.6 is 0 Å². The molecule has 3 saturated carbocycles. The van der Waals surface area contributed by atoms with Crippen molar-refractivity contribution in [2.45, 2.75) is 38.0 Å². The van der Waals surface area contributed by atoms with Crippen LogP contribution < -0.4 is 16.2 Å². The van der Waals surface area contributed by atoms with Gasteiger partial charge in [0.25, 0.3) is 11.5 Å². The highest BCUT2D eigenvalue weighted by Crippen LogP contribution is 2.69. The van der Waals surface area contributed by atoms with Gasteiger partial charge in [-0.1, -0.05) is 6.07 Å². The van der Waals surface area contributed by atoms with Gasteiger partial charge in [-0.2, -0.15) is 0 Å². The number of carbonyl (C=O) groups excluding carboxylic acids is 1. The van der Waals surface area contributed by atoms with E-state index in [0.717, 1.165) is 28.8 Å². The second kappa shape index (κ2) is 7.21. The van der Waals surface area contributed by atoms with Gasteiger partial charge in [-0.05, 0) is 54.5 Å². The van der Waals surface area contributed by atoms with Crippen molar-refractivity contribution in [2.24, 2.45) is 5.41 Å². The van der Waals surface area contributed by atoms with Crippen LogP contribution in [0.4, 0.5) is 4.39 Å². The van der Waals surface area contributed by atoms with Crippen LogP contribution in [0.25, 0.3) is 16.7 Å². The van der Waals surface area contributed by atoms with Crippen molar-refractivity contribution in [3.8, 4) is 0 Å². The van der Waals surface area contributed by atoms with Crippen LogP contribution in [0.5, 0.6) is 0 Å². The molecule has 3 fully saturated rings. The van der Waals surface area contributed by atoms with E-state index in [4.69, 9.17) is 0 Å². The van der Waals surface area contributed by atoms with E-state index in [0.29, 0.717) is 31.5 Å². The van der Waals surface area contributed by atoms with Gasteiger partial charge in [0, 0.05) is 43.8 Å². The van der Waals surface area contributed by atoms with Crippen LogP contribution in [-0.2, 0) is 13.1 Å². The van der Waals surface area contributed by atoms with E-state index in [1.807, 2.05) is 12.1 Å². The molecule has 3 N–H and O–H groups in total. The Morgan fingerprint density at radius 1 is 1.18 bits per heavy atom. The van der Waals surface area contributed by atoms with Crippen molar-refractivity contribution in [3.05, 3.63) is 76.1 Å². The van der Waals surface area contributed by atoms with Gasteiger partial charge in [0.05, 0.1) is 11.0 Å². The summed E-state index contributed by atoms with van der Waals surface area (Å²) in [6.45, 7) is 1.77. The second-order valence-corrected chi connectivity index (χ2v) is 9.45. The zero-order chi connectivity index (χ0) is 22.6. The van der Waals surface area contributed by atoms with Gasteiger partial charge in [-0.25, -0.2) is 9.37 Å². The Kier molecular flexibility index (Phi) is 4.38. The summed E-state index contributed by atoms with van der Waals surface area (Å²) in [5.74, 6) is -0.418. The molecule has 0 saturated heterocycles. The van der Waals surface area contributed by atoms with Crippen LogP contribution in [0.1, 0.15) is 41.0 Å². The molecule has 0 spiro atoms. The molecule has 9 heteroatoms. The normalized spacial score (nSPS) is 23.3. The summed E-state index contributed by atoms with van der Waals surface area (Å²) in [4.78, 5) is 36.9. The molecule has 7 rings (SSSR count). The molecule has 3 aliphatic rings. The Morgan fingerprint density at radius 3 is 2.85 bits per heavy atom. The Hall–Kier alpha value is -3.59. The number of hydrogen-bond acceptors (Lipinski definition) is 5. The number of nitrogens with zero attached hydrogens (tertiary/aromatic N) is 3. The molecular weight excluding hydrogens is 423 g/mol. The lowest BCUT2D eigenvalue weighted by Gasteiger charge is -2.66. The lowest BCUT2D eigenvalue weighted by atomic mass is 9.42. The van der Waals surface area contributed by atoms with Gasteiger partial charge in [-0.15, -0.1) is 0 Å². The Morgan fingerprint density at radius 2 is 2.03 bits per heavy atom. The molecule has 0 aliphatic heterocycles. The van der Waals surface area contributed by atoms with E-state index in [-0.39, 0.29) is 23.2 Å². The maximum Gasteiger partial charge on any atom is 0.270 e. The standard InChI is InChI=1S/C24H23FN6O2/c25-24-11-23(12-24,13-24)14-26-10-16-6-17-18(29-16)5-15(8-27-17)9-28-22(33)19-7-21(32)31-4-2-1-3-20(31)30-19/h1-8,26,29H,9-14H2,(H,28,33). The molecule has 8 nitrogen and oxygen atoms in total. The summed E-state index contributed by atoms with van der Waals surface area (Å²) in [6.07, 6.45) is 5.42. The van der Waals surface area contributed by atoms with Crippen LogP contribution in [0.3, 0.4) is 0 Å². The fourth-order valence-electron chi connectivity index (χ4n) is 5.25. The third kappa shape index (κ3) is 3.58. The third-order valence-corrected chi connectivity index (χ3v) is 6.73. The number of nitrogens with one attached hydrogen (secondary N) is 3. The van der Waals surface area contributed by atoms with Gasteiger partial charge >= 0.3 is 0 Å². The summed E-state index contributed by atoms with van der Waals surface area (Å²) < 4.78 is 15.0. The Bertz CT molecular complexity index is 1440. The minimum absolute atomic E-state index is 0.0795. The molecule has 4 heterocycles. The zero-order valence-electron chi connectivity index (χ0n) is 17.9. The number of hydrogen-bond donors (Lipinski definition) is 3. The number of fused-ring (bicyclic) bond motifs is 2. The monoisotopic (exact) mass is 446 g/mol. The van der Waals surface area contributed by atoms with Crippen LogP contribution in [-0.4, -0.2) is 37.5 Å². The molecule has 4 aromatic rings. The maximum absolute atomic E-state index is 13.6.